The Hall–Kier alpha value is -2.24. The zero-order valence-corrected chi connectivity index (χ0v) is 13.2. The molecule has 0 radical (unpaired) electrons. The van der Waals surface area contributed by atoms with Gasteiger partial charge in [-0.3, -0.25) is 9.59 Å². The summed E-state index contributed by atoms with van der Waals surface area (Å²) in [5, 5.41) is 5.34. The maximum absolute atomic E-state index is 11.9. The van der Waals surface area contributed by atoms with Crippen molar-refractivity contribution < 1.29 is 19.1 Å². The smallest absolute Gasteiger partial charge is 0.243 e. The number of hydrogen-bond donors (Lipinski definition) is 2. The molecule has 0 atom stereocenters. The molecule has 1 aromatic rings. The van der Waals surface area contributed by atoms with Gasteiger partial charge in [-0.25, -0.2) is 0 Å². The van der Waals surface area contributed by atoms with Crippen molar-refractivity contribution in [1.82, 2.24) is 5.32 Å². The molecule has 6 nitrogen and oxygen atoms in total. The molecule has 2 N–H and O–H groups in total. The second-order valence-electron chi connectivity index (χ2n) is 6.19. The Morgan fingerprint density at radius 2 is 1.82 bits per heavy atom. The van der Waals surface area contributed by atoms with Gasteiger partial charge >= 0.3 is 0 Å². The maximum Gasteiger partial charge on any atom is 0.243 e. The highest BCUT2D eigenvalue weighted by molar-refractivity contribution is 5.95. The van der Waals surface area contributed by atoms with Crippen molar-refractivity contribution in [1.29, 1.82) is 0 Å². The van der Waals surface area contributed by atoms with E-state index in [0.717, 1.165) is 6.42 Å². The van der Waals surface area contributed by atoms with Crippen LogP contribution in [0.5, 0.6) is 11.5 Å². The quantitative estimate of drug-likeness (QED) is 0.895. The highest BCUT2D eigenvalue weighted by Crippen LogP contribution is 2.32. The summed E-state index contributed by atoms with van der Waals surface area (Å²) in [6.45, 7) is 6.53. The molecule has 6 heteroatoms. The molecule has 1 heterocycles. The van der Waals surface area contributed by atoms with Crippen LogP contribution >= 0.6 is 0 Å². The number of amides is 2. The Bertz CT molecular complexity index is 564. The lowest BCUT2D eigenvalue weighted by molar-refractivity contribution is -0.130. The maximum atomic E-state index is 11.9. The van der Waals surface area contributed by atoms with Crippen molar-refractivity contribution in [3.8, 4) is 11.5 Å². The van der Waals surface area contributed by atoms with Crippen molar-refractivity contribution in [2.75, 3.05) is 25.1 Å². The van der Waals surface area contributed by atoms with Gasteiger partial charge < -0.3 is 20.1 Å². The van der Waals surface area contributed by atoms with E-state index in [1.807, 2.05) is 0 Å². The summed E-state index contributed by atoms with van der Waals surface area (Å²) in [5.41, 5.74) is 0.0921. The highest BCUT2D eigenvalue weighted by Gasteiger charge is 2.21. The molecule has 0 bridgehead atoms. The number of hydrogen-bond acceptors (Lipinski definition) is 4. The van der Waals surface area contributed by atoms with Gasteiger partial charge in [0.25, 0.3) is 0 Å². The molecule has 0 saturated carbocycles. The molecule has 2 amide bonds. The summed E-state index contributed by atoms with van der Waals surface area (Å²) in [4.78, 5) is 23.6. The number of nitrogens with one attached hydrogen (secondary N) is 2. The minimum absolute atomic E-state index is 0.0649. The third-order valence-electron chi connectivity index (χ3n) is 3.12. The fourth-order valence-electron chi connectivity index (χ4n) is 1.87. The second kappa shape index (κ2) is 6.68. The van der Waals surface area contributed by atoms with Crippen LogP contribution in [0.15, 0.2) is 18.2 Å². The lowest BCUT2D eigenvalue weighted by Crippen LogP contribution is -2.39. The number of anilines is 1. The van der Waals surface area contributed by atoms with Crippen molar-refractivity contribution in [2.45, 2.75) is 27.2 Å². The fraction of sp³-hybridized carbons (Fsp3) is 0.500. The van der Waals surface area contributed by atoms with Gasteiger partial charge in [0.2, 0.25) is 11.8 Å². The zero-order valence-electron chi connectivity index (χ0n) is 13.2. The Labute approximate surface area is 130 Å². The van der Waals surface area contributed by atoms with Crippen LogP contribution in [0.3, 0.4) is 0 Å². The van der Waals surface area contributed by atoms with E-state index in [4.69, 9.17) is 9.47 Å². The van der Waals surface area contributed by atoms with Crippen LogP contribution < -0.4 is 20.1 Å². The second-order valence-corrected chi connectivity index (χ2v) is 6.19. The zero-order chi connectivity index (χ0) is 16.2. The van der Waals surface area contributed by atoms with E-state index in [-0.39, 0.29) is 18.4 Å². The van der Waals surface area contributed by atoms with Crippen LogP contribution in [0.4, 0.5) is 5.69 Å². The van der Waals surface area contributed by atoms with Crippen LogP contribution in [-0.2, 0) is 9.59 Å². The van der Waals surface area contributed by atoms with Gasteiger partial charge in [0, 0.05) is 23.6 Å². The molecular weight excluding hydrogens is 284 g/mol. The number of carbonyl (C=O) groups excluding carboxylic acids is 2. The number of benzene rings is 1. The minimum Gasteiger partial charge on any atom is -0.490 e. The number of carbonyl (C=O) groups is 2. The van der Waals surface area contributed by atoms with E-state index in [0.29, 0.717) is 30.4 Å². The Morgan fingerprint density at radius 3 is 2.50 bits per heavy atom. The van der Waals surface area contributed by atoms with Crippen molar-refractivity contribution in [3.63, 3.8) is 0 Å². The van der Waals surface area contributed by atoms with E-state index in [1.165, 1.54) is 0 Å². The molecule has 0 unspecified atom stereocenters. The summed E-state index contributed by atoms with van der Waals surface area (Å²) in [5.74, 6) is 0.846. The number of fused-ring (bicyclic) bond motifs is 1. The van der Waals surface area contributed by atoms with Crippen LogP contribution in [0.2, 0.25) is 0 Å². The van der Waals surface area contributed by atoms with Gasteiger partial charge in [0.15, 0.2) is 11.5 Å². The van der Waals surface area contributed by atoms with Crippen LogP contribution in [-0.4, -0.2) is 31.6 Å². The Morgan fingerprint density at radius 1 is 1.14 bits per heavy atom. The fourth-order valence-corrected chi connectivity index (χ4v) is 1.87. The molecule has 0 fully saturated rings. The van der Waals surface area contributed by atoms with E-state index in [2.05, 4.69) is 10.6 Å². The average Bonchev–Trinajstić information content (AvgIpc) is 2.68. The average molecular weight is 306 g/mol. The highest BCUT2D eigenvalue weighted by atomic mass is 16.5. The molecular formula is C16H22N2O4. The molecule has 0 aliphatic carbocycles. The van der Waals surface area contributed by atoms with Crippen LogP contribution in [0.25, 0.3) is 0 Å². The lowest BCUT2D eigenvalue weighted by atomic mass is 9.96. The largest absolute Gasteiger partial charge is 0.490 e. The van der Waals surface area contributed by atoms with Crippen LogP contribution in [0.1, 0.15) is 27.2 Å². The molecule has 1 aromatic carbocycles. The molecule has 0 saturated heterocycles. The van der Waals surface area contributed by atoms with E-state index < -0.39 is 5.41 Å². The normalized spacial score (nSPS) is 14.0. The molecule has 0 aromatic heterocycles. The van der Waals surface area contributed by atoms with E-state index in [1.54, 1.807) is 39.0 Å². The SMILES string of the molecule is CC(C)(C)C(=O)NCC(=O)Nc1ccc2c(c1)OCCCO2. The van der Waals surface area contributed by atoms with Crippen LogP contribution in [0, 0.1) is 5.41 Å². The van der Waals surface area contributed by atoms with Gasteiger partial charge in [-0.15, -0.1) is 0 Å². The van der Waals surface area contributed by atoms with E-state index >= 15 is 0 Å². The van der Waals surface area contributed by atoms with Gasteiger partial charge in [-0.1, -0.05) is 20.8 Å². The number of rotatable bonds is 3. The molecule has 120 valence electrons. The van der Waals surface area contributed by atoms with Gasteiger partial charge in [0.05, 0.1) is 19.8 Å². The predicted molar refractivity (Wildman–Crippen MR) is 83.1 cm³/mol. The third-order valence-corrected chi connectivity index (χ3v) is 3.12. The minimum atomic E-state index is -0.518. The first kappa shape index (κ1) is 16.1. The third kappa shape index (κ3) is 4.38. The predicted octanol–water partition coefficient (Wildman–Crippen LogP) is 1.95. The van der Waals surface area contributed by atoms with E-state index in [9.17, 15) is 9.59 Å². The van der Waals surface area contributed by atoms with Gasteiger partial charge in [0.1, 0.15) is 0 Å². The topological polar surface area (TPSA) is 76.7 Å². The standard InChI is InChI=1S/C16H22N2O4/c1-16(2,3)15(20)17-10-14(19)18-11-5-6-12-13(9-11)22-8-4-7-21-12/h5-6,9H,4,7-8,10H2,1-3H3,(H,17,20)(H,18,19). The summed E-state index contributed by atoms with van der Waals surface area (Å²) in [7, 11) is 0. The summed E-state index contributed by atoms with van der Waals surface area (Å²) < 4.78 is 11.1. The Kier molecular flexibility index (Phi) is 4.90. The first-order valence-electron chi connectivity index (χ1n) is 7.34. The summed E-state index contributed by atoms with van der Waals surface area (Å²) >= 11 is 0. The molecule has 1 aliphatic rings. The molecule has 22 heavy (non-hydrogen) atoms. The molecule has 2 rings (SSSR count). The van der Waals surface area contributed by atoms with Crippen molar-refractivity contribution >= 4 is 17.5 Å². The monoisotopic (exact) mass is 306 g/mol. The van der Waals surface area contributed by atoms with Gasteiger partial charge in [-0.2, -0.15) is 0 Å². The molecule has 0 spiro atoms. The first-order chi connectivity index (χ1) is 10.4. The van der Waals surface area contributed by atoms with Gasteiger partial charge in [-0.05, 0) is 12.1 Å². The van der Waals surface area contributed by atoms with Crippen molar-refractivity contribution in [2.24, 2.45) is 5.41 Å². The Balaban J connectivity index is 1.92. The molecule has 1 aliphatic heterocycles. The summed E-state index contributed by atoms with van der Waals surface area (Å²) in [6, 6.07) is 5.24. The number of ether oxygens (including phenoxy) is 2. The van der Waals surface area contributed by atoms with Crippen molar-refractivity contribution in [3.05, 3.63) is 18.2 Å². The summed E-state index contributed by atoms with van der Waals surface area (Å²) in [6.07, 6.45) is 0.829. The first-order valence-corrected chi connectivity index (χ1v) is 7.34. The lowest BCUT2D eigenvalue weighted by Gasteiger charge is -2.17.